The number of oxime groups is 1. The number of ether oxygens (including phenoxy) is 1. The van der Waals surface area contributed by atoms with E-state index in [4.69, 9.17) is 10.5 Å². The molecular weight excluding hydrogens is 446 g/mol. The number of amides is 2. The van der Waals surface area contributed by atoms with E-state index in [-0.39, 0.29) is 28.3 Å². The summed E-state index contributed by atoms with van der Waals surface area (Å²) in [4.78, 5) is 42.2. The largest absolute Gasteiger partial charge is 0.477 e. The Hall–Kier alpha value is -2.90. The molecule has 1 aromatic heterocycles. The van der Waals surface area contributed by atoms with Crippen LogP contribution in [0.3, 0.4) is 0 Å². The van der Waals surface area contributed by atoms with Crippen LogP contribution in [0.1, 0.15) is 18.5 Å². The van der Waals surface area contributed by atoms with Gasteiger partial charge in [0.1, 0.15) is 22.8 Å². The van der Waals surface area contributed by atoms with Crippen LogP contribution < -0.4 is 11.1 Å². The lowest BCUT2D eigenvalue weighted by atomic mass is 10.0. The summed E-state index contributed by atoms with van der Waals surface area (Å²) in [6, 6.07) is -0.955. The highest BCUT2D eigenvalue weighted by molar-refractivity contribution is 8.00. The molecule has 164 valence electrons. The van der Waals surface area contributed by atoms with Gasteiger partial charge in [-0.1, -0.05) is 17.3 Å². The highest BCUT2D eigenvalue weighted by atomic mass is 32.2. The minimum Gasteiger partial charge on any atom is -0.477 e. The first-order valence-corrected chi connectivity index (χ1v) is 11.3. The van der Waals surface area contributed by atoms with Crippen LogP contribution in [0.15, 0.2) is 34.0 Å². The summed E-state index contributed by atoms with van der Waals surface area (Å²) in [7, 11) is 0. The Labute approximate surface area is 184 Å². The minimum atomic E-state index is -1.22. The fourth-order valence-corrected chi connectivity index (χ4v) is 5.43. The van der Waals surface area contributed by atoms with Gasteiger partial charge in [0.15, 0.2) is 10.8 Å². The van der Waals surface area contributed by atoms with Gasteiger partial charge in [0.05, 0.1) is 6.10 Å². The molecule has 0 saturated carbocycles. The third kappa shape index (κ3) is 4.03. The van der Waals surface area contributed by atoms with Crippen molar-refractivity contribution in [3.05, 3.63) is 34.5 Å². The number of nitrogen functional groups attached to an aromatic ring is 1. The molecule has 0 aliphatic carbocycles. The Morgan fingerprint density at radius 2 is 2.26 bits per heavy atom. The predicted octanol–water partition coefficient (Wildman–Crippen LogP) is 0.377. The number of nitrogens with one attached hydrogen (secondary N) is 1. The molecule has 0 radical (unpaired) electrons. The molecular formula is C18H19N5O6S2. The van der Waals surface area contributed by atoms with Gasteiger partial charge in [-0.15, -0.1) is 23.1 Å². The van der Waals surface area contributed by atoms with E-state index in [0.717, 1.165) is 24.2 Å². The molecule has 3 aliphatic heterocycles. The second kappa shape index (κ2) is 8.69. The highest BCUT2D eigenvalue weighted by Crippen LogP contribution is 2.40. The van der Waals surface area contributed by atoms with Crippen LogP contribution in [0.2, 0.25) is 0 Å². The quantitative estimate of drug-likeness (QED) is 0.201. The third-order valence-electron chi connectivity index (χ3n) is 5.04. The summed E-state index contributed by atoms with van der Waals surface area (Å²) in [6.07, 6.45) is 5.29. The van der Waals surface area contributed by atoms with Crippen LogP contribution in [-0.2, 0) is 19.1 Å². The Bertz CT molecular complexity index is 1010. The molecule has 1 aromatic rings. The van der Waals surface area contributed by atoms with Crippen molar-refractivity contribution in [1.29, 1.82) is 0 Å². The number of carboxylic acid groups (broad SMARTS) is 1. The van der Waals surface area contributed by atoms with E-state index in [1.54, 1.807) is 6.08 Å². The van der Waals surface area contributed by atoms with Gasteiger partial charge in [0.25, 0.3) is 11.8 Å². The predicted molar refractivity (Wildman–Crippen MR) is 113 cm³/mol. The maximum Gasteiger partial charge on any atom is 0.352 e. The third-order valence-corrected chi connectivity index (χ3v) is 7.02. The molecule has 4 rings (SSSR count). The molecule has 5 N–H and O–H groups in total. The van der Waals surface area contributed by atoms with Crippen LogP contribution in [0, 0.1) is 0 Å². The number of fused-ring (bicyclic) bond motifs is 1. The lowest BCUT2D eigenvalue weighted by Gasteiger charge is -2.49. The Kier molecular flexibility index (Phi) is 5.98. The summed E-state index contributed by atoms with van der Waals surface area (Å²) in [6.45, 7) is 0.676. The fourth-order valence-electron chi connectivity index (χ4n) is 3.57. The smallest absolute Gasteiger partial charge is 0.352 e. The second-order valence-corrected chi connectivity index (χ2v) is 8.96. The number of hydrogen-bond acceptors (Lipinski definition) is 10. The molecule has 0 spiro atoms. The zero-order chi connectivity index (χ0) is 22.1. The molecule has 3 atom stereocenters. The lowest BCUT2D eigenvalue weighted by Crippen LogP contribution is -2.71. The van der Waals surface area contributed by atoms with Crippen molar-refractivity contribution in [2.75, 3.05) is 18.1 Å². The van der Waals surface area contributed by atoms with Gasteiger partial charge in [0, 0.05) is 17.7 Å². The Balaban J connectivity index is 1.49. The van der Waals surface area contributed by atoms with Gasteiger partial charge in [-0.05, 0) is 18.4 Å². The molecule has 4 heterocycles. The van der Waals surface area contributed by atoms with Crippen molar-refractivity contribution in [3.63, 3.8) is 0 Å². The normalized spacial score (nSPS) is 26.2. The molecule has 31 heavy (non-hydrogen) atoms. The summed E-state index contributed by atoms with van der Waals surface area (Å²) in [5.74, 6) is -2.22. The molecule has 11 nitrogen and oxygen atoms in total. The van der Waals surface area contributed by atoms with Gasteiger partial charge >= 0.3 is 5.97 Å². The van der Waals surface area contributed by atoms with Crippen LogP contribution in [0.5, 0.6) is 0 Å². The van der Waals surface area contributed by atoms with E-state index in [9.17, 15) is 24.7 Å². The number of thioether (sulfide) groups is 1. The fraction of sp³-hybridized carbons (Fsp3) is 0.389. The number of anilines is 1. The van der Waals surface area contributed by atoms with Crippen molar-refractivity contribution >= 4 is 51.7 Å². The van der Waals surface area contributed by atoms with Crippen LogP contribution in [-0.4, -0.2) is 73.6 Å². The lowest BCUT2D eigenvalue weighted by molar-refractivity contribution is -0.150. The van der Waals surface area contributed by atoms with E-state index in [1.165, 1.54) is 22.0 Å². The molecule has 2 fully saturated rings. The molecule has 2 saturated heterocycles. The van der Waals surface area contributed by atoms with E-state index < -0.39 is 29.2 Å². The number of aliphatic carboxylic acids is 1. The Morgan fingerprint density at radius 1 is 1.45 bits per heavy atom. The number of nitrogens with zero attached hydrogens (tertiary/aromatic N) is 3. The summed E-state index contributed by atoms with van der Waals surface area (Å²) >= 11 is 2.41. The van der Waals surface area contributed by atoms with Gasteiger partial charge in [0.2, 0.25) is 0 Å². The van der Waals surface area contributed by atoms with Crippen LogP contribution in [0.4, 0.5) is 5.13 Å². The minimum absolute atomic E-state index is 0.0552. The number of aromatic nitrogens is 1. The number of nitrogens with two attached hydrogens (primary N) is 1. The van der Waals surface area contributed by atoms with Crippen molar-refractivity contribution in [2.45, 2.75) is 30.4 Å². The van der Waals surface area contributed by atoms with Gasteiger partial charge in [-0.3, -0.25) is 14.5 Å². The van der Waals surface area contributed by atoms with Gasteiger partial charge in [-0.25, -0.2) is 9.78 Å². The zero-order valence-electron chi connectivity index (χ0n) is 16.1. The van der Waals surface area contributed by atoms with E-state index in [0.29, 0.717) is 17.9 Å². The monoisotopic (exact) mass is 465 g/mol. The number of carbonyl (C=O) groups excluding carboxylic acids is 2. The van der Waals surface area contributed by atoms with Crippen LogP contribution in [0.25, 0.3) is 0 Å². The number of thiazole rings is 1. The average Bonchev–Trinajstić information content (AvgIpc) is 3.42. The van der Waals surface area contributed by atoms with Crippen molar-refractivity contribution < 1.29 is 29.4 Å². The molecule has 2 amide bonds. The Morgan fingerprint density at radius 3 is 2.87 bits per heavy atom. The van der Waals surface area contributed by atoms with E-state index in [1.807, 2.05) is 6.08 Å². The number of β-lactam (4-membered cyclic amide) rings is 1. The van der Waals surface area contributed by atoms with Gasteiger partial charge in [-0.2, -0.15) is 0 Å². The first kappa shape index (κ1) is 21.3. The topological polar surface area (TPSA) is 167 Å². The molecule has 0 aromatic carbocycles. The molecule has 1 unspecified atom stereocenters. The first-order valence-electron chi connectivity index (χ1n) is 9.36. The standard InChI is InChI=1S/C18H19N5O6S2/c19-18-20-10(7-31-18)11(22-28)14(24)21-12-15(25)23-13(17(26)27)8(6-30-16(12)23)3-4-9-2-1-5-29-9/h3-4,7,9,12,16,28H,1-2,5-6H2,(H2,19,20)(H,21,24)(H,26,27)/b4-3+,22-11-/t9?,12-,16-/m1/s1. The van der Waals surface area contributed by atoms with Crippen molar-refractivity contribution in [3.8, 4) is 0 Å². The first-order chi connectivity index (χ1) is 14.9. The number of rotatable bonds is 6. The van der Waals surface area contributed by atoms with Crippen LogP contribution >= 0.6 is 23.1 Å². The molecule has 3 aliphatic rings. The number of carboxylic acids is 1. The number of allylic oxidation sites excluding steroid dienone is 1. The number of hydrogen-bond donors (Lipinski definition) is 4. The second-order valence-electron chi connectivity index (χ2n) is 6.97. The van der Waals surface area contributed by atoms with E-state index in [2.05, 4.69) is 15.5 Å². The van der Waals surface area contributed by atoms with Gasteiger partial charge < -0.3 is 26.1 Å². The highest BCUT2D eigenvalue weighted by Gasteiger charge is 2.54. The number of carbonyl (C=O) groups is 3. The summed E-state index contributed by atoms with van der Waals surface area (Å²) in [5, 5.41) is 25.4. The van der Waals surface area contributed by atoms with Crippen molar-refractivity contribution in [2.24, 2.45) is 5.16 Å². The zero-order valence-corrected chi connectivity index (χ0v) is 17.7. The van der Waals surface area contributed by atoms with E-state index >= 15 is 0 Å². The molecule has 13 heteroatoms. The maximum atomic E-state index is 12.7. The molecule has 0 bridgehead atoms. The average molecular weight is 466 g/mol. The SMILES string of the molecule is Nc1nc(/C(=N/O)C(=O)N[C@@H]2C(=O)N3C(C(=O)O)=C(/C=C/C4CCCO4)CS[C@H]23)cs1. The maximum absolute atomic E-state index is 12.7. The summed E-state index contributed by atoms with van der Waals surface area (Å²) < 4.78 is 5.52. The van der Waals surface area contributed by atoms with Crippen molar-refractivity contribution in [1.82, 2.24) is 15.2 Å². The summed E-state index contributed by atoms with van der Waals surface area (Å²) in [5.41, 5.74) is 5.65.